The maximum atomic E-state index is 12.9. The Hall–Kier alpha value is -2.06. The van der Waals surface area contributed by atoms with E-state index in [-0.39, 0.29) is 18.2 Å². The van der Waals surface area contributed by atoms with Gasteiger partial charge in [-0.15, -0.1) is 0 Å². The van der Waals surface area contributed by atoms with Crippen molar-refractivity contribution in [2.45, 2.75) is 25.9 Å². The van der Waals surface area contributed by atoms with E-state index in [1.165, 1.54) is 4.90 Å². The molecule has 0 spiro atoms. The summed E-state index contributed by atoms with van der Waals surface area (Å²) >= 11 is 4.10. The molecule has 0 fully saturated rings. The fraction of sp³-hybridized carbons (Fsp3) is 0.438. The topological polar surface area (TPSA) is 113 Å². The lowest BCUT2D eigenvalue weighted by atomic mass is 10.0. The minimum atomic E-state index is -1.12. The van der Waals surface area contributed by atoms with Gasteiger partial charge in [0, 0.05) is 11.4 Å². The zero-order valence-corrected chi connectivity index (χ0v) is 14.6. The molecule has 1 aromatic rings. The van der Waals surface area contributed by atoms with Crippen molar-refractivity contribution in [2.24, 2.45) is 11.7 Å². The molecule has 0 bridgehead atoms. The third kappa shape index (κ3) is 4.97. The van der Waals surface area contributed by atoms with Crippen molar-refractivity contribution in [3.63, 3.8) is 0 Å². The van der Waals surface area contributed by atoms with Gasteiger partial charge in [-0.2, -0.15) is 12.6 Å². The van der Waals surface area contributed by atoms with E-state index in [1.807, 2.05) is 0 Å². The number of aliphatic carboxylic acids is 1. The van der Waals surface area contributed by atoms with Gasteiger partial charge in [0.25, 0.3) is 5.91 Å². The monoisotopic (exact) mass is 353 g/mol. The van der Waals surface area contributed by atoms with E-state index in [1.54, 1.807) is 44.2 Å². The second-order valence-electron chi connectivity index (χ2n) is 5.58. The van der Waals surface area contributed by atoms with Crippen LogP contribution in [0.25, 0.3) is 0 Å². The molecule has 0 heterocycles. The first-order valence-electron chi connectivity index (χ1n) is 7.54. The molecule has 7 nitrogen and oxygen atoms in total. The second kappa shape index (κ2) is 9.29. The van der Waals surface area contributed by atoms with Crippen LogP contribution in [0.2, 0.25) is 0 Å². The van der Waals surface area contributed by atoms with E-state index >= 15 is 0 Å². The van der Waals surface area contributed by atoms with Crippen LogP contribution in [0.5, 0.6) is 0 Å². The number of hydrogen-bond donors (Lipinski definition) is 4. The zero-order chi connectivity index (χ0) is 18.3. The quantitative estimate of drug-likeness (QED) is 0.509. The summed E-state index contributed by atoms with van der Waals surface area (Å²) in [5, 5.41) is 12.1. The summed E-state index contributed by atoms with van der Waals surface area (Å²) in [6.07, 6.45) is 0. The van der Waals surface area contributed by atoms with Gasteiger partial charge in [-0.05, 0) is 18.1 Å². The highest BCUT2D eigenvalue weighted by molar-refractivity contribution is 7.80. The van der Waals surface area contributed by atoms with Crippen molar-refractivity contribution < 1.29 is 19.5 Å². The molecular formula is C16H23N3O4S. The Morgan fingerprint density at radius 2 is 1.83 bits per heavy atom. The summed E-state index contributed by atoms with van der Waals surface area (Å²) in [7, 11) is 0. The molecule has 0 saturated heterocycles. The molecule has 0 aliphatic rings. The second-order valence-corrected chi connectivity index (χ2v) is 5.94. The van der Waals surface area contributed by atoms with Crippen LogP contribution in [0, 0.1) is 5.92 Å². The van der Waals surface area contributed by atoms with Gasteiger partial charge >= 0.3 is 5.97 Å². The molecule has 1 aromatic carbocycles. The molecule has 0 aliphatic heterocycles. The first-order chi connectivity index (χ1) is 11.3. The number of amides is 2. The highest BCUT2D eigenvalue weighted by atomic mass is 32.1. The summed E-state index contributed by atoms with van der Waals surface area (Å²) in [6, 6.07) is 6.45. The standard InChI is InChI=1S/C16H23N3O4S/c1-10(2)14(16(22)23)19(11-6-4-3-5-7-11)15(21)12(9-24)18-13(20)8-17/h3-7,10,12,14,24H,8-9,17H2,1-2H3,(H,18,20)(H,22,23)/t12-,14+/m0/s1. The van der Waals surface area contributed by atoms with Crippen molar-refractivity contribution in [2.75, 3.05) is 17.2 Å². The fourth-order valence-corrected chi connectivity index (χ4v) is 2.56. The third-order valence-electron chi connectivity index (χ3n) is 3.44. The van der Waals surface area contributed by atoms with Gasteiger partial charge in [-0.1, -0.05) is 32.0 Å². The Morgan fingerprint density at radius 1 is 1.25 bits per heavy atom. The number of thiol groups is 1. The number of carboxylic acid groups (broad SMARTS) is 1. The molecule has 0 aromatic heterocycles. The zero-order valence-electron chi connectivity index (χ0n) is 13.7. The van der Waals surface area contributed by atoms with Crippen molar-refractivity contribution in [1.82, 2.24) is 5.32 Å². The number of nitrogens with two attached hydrogens (primary N) is 1. The Morgan fingerprint density at radius 3 is 2.25 bits per heavy atom. The van der Waals surface area contributed by atoms with E-state index in [4.69, 9.17) is 5.73 Å². The molecule has 132 valence electrons. The molecule has 0 saturated carbocycles. The van der Waals surface area contributed by atoms with Crippen LogP contribution in [-0.2, 0) is 14.4 Å². The number of nitrogens with one attached hydrogen (secondary N) is 1. The number of hydrogen-bond acceptors (Lipinski definition) is 5. The summed E-state index contributed by atoms with van der Waals surface area (Å²) in [6.45, 7) is 3.17. The molecule has 0 unspecified atom stereocenters. The molecule has 4 N–H and O–H groups in total. The van der Waals surface area contributed by atoms with Crippen molar-refractivity contribution >= 4 is 36.1 Å². The number of anilines is 1. The van der Waals surface area contributed by atoms with E-state index in [2.05, 4.69) is 17.9 Å². The van der Waals surface area contributed by atoms with E-state index in [0.717, 1.165) is 0 Å². The Labute approximate surface area is 146 Å². The van der Waals surface area contributed by atoms with Crippen LogP contribution in [0.4, 0.5) is 5.69 Å². The summed E-state index contributed by atoms with van der Waals surface area (Å²) < 4.78 is 0. The summed E-state index contributed by atoms with van der Waals surface area (Å²) in [5.41, 5.74) is 5.70. The number of carbonyl (C=O) groups excluding carboxylic acids is 2. The van der Waals surface area contributed by atoms with Gasteiger partial charge in [0.1, 0.15) is 12.1 Å². The Bertz CT molecular complexity index is 580. The molecule has 0 radical (unpaired) electrons. The lowest BCUT2D eigenvalue weighted by Gasteiger charge is -2.34. The van der Waals surface area contributed by atoms with Crippen molar-refractivity contribution in [3.05, 3.63) is 30.3 Å². The van der Waals surface area contributed by atoms with E-state index in [0.29, 0.717) is 5.69 Å². The average Bonchev–Trinajstić information content (AvgIpc) is 2.56. The Balaban J connectivity index is 3.28. The first kappa shape index (κ1) is 20.0. The normalized spacial score (nSPS) is 13.2. The van der Waals surface area contributed by atoms with Crippen molar-refractivity contribution in [3.8, 4) is 0 Å². The maximum Gasteiger partial charge on any atom is 0.327 e. The minimum absolute atomic E-state index is 0.0261. The molecule has 0 aliphatic carbocycles. The largest absolute Gasteiger partial charge is 0.480 e. The smallest absolute Gasteiger partial charge is 0.327 e. The number of carboxylic acids is 1. The van der Waals surface area contributed by atoms with Gasteiger partial charge < -0.3 is 16.2 Å². The van der Waals surface area contributed by atoms with Crippen molar-refractivity contribution in [1.29, 1.82) is 0 Å². The van der Waals surface area contributed by atoms with Gasteiger partial charge in [0.2, 0.25) is 5.91 Å². The van der Waals surface area contributed by atoms with E-state index < -0.39 is 29.9 Å². The Kier molecular flexibility index (Phi) is 7.73. The van der Waals surface area contributed by atoms with E-state index in [9.17, 15) is 19.5 Å². The van der Waals surface area contributed by atoms with Crippen LogP contribution >= 0.6 is 12.6 Å². The molecule has 2 amide bonds. The lowest BCUT2D eigenvalue weighted by Crippen LogP contribution is -2.57. The van der Waals surface area contributed by atoms with Crippen LogP contribution in [0.3, 0.4) is 0 Å². The van der Waals surface area contributed by atoms with Gasteiger partial charge in [-0.25, -0.2) is 4.79 Å². The van der Waals surface area contributed by atoms with Crippen LogP contribution in [-0.4, -0.2) is 47.3 Å². The highest BCUT2D eigenvalue weighted by Gasteiger charge is 2.36. The number of para-hydroxylation sites is 1. The number of benzene rings is 1. The summed E-state index contributed by atoms with van der Waals surface area (Å²) in [5.74, 6) is -2.48. The minimum Gasteiger partial charge on any atom is -0.480 e. The fourth-order valence-electron chi connectivity index (χ4n) is 2.31. The predicted octanol–water partition coefficient (Wildman–Crippen LogP) is 0.502. The number of rotatable bonds is 8. The SMILES string of the molecule is CC(C)[C@H](C(=O)O)N(C(=O)[C@H](CS)NC(=O)CN)c1ccccc1. The van der Waals surface area contributed by atoms with Crippen LogP contribution < -0.4 is 16.0 Å². The molecular weight excluding hydrogens is 330 g/mol. The van der Waals surface area contributed by atoms with Gasteiger partial charge in [-0.3, -0.25) is 14.5 Å². The molecule has 24 heavy (non-hydrogen) atoms. The van der Waals surface area contributed by atoms with Gasteiger partial charge in [0.05, 0.1) is 6.54 Å². The number of carbonyl (C=O) groups is 3. The first-order valence-corrected chi connectivity index (χ1v) is 8.17. The average molecular weight is 353 g/mol. The molecule has 1 rings (SSSR count). The molecule has 8 heteroatoms. The third-order valence-corrected chi connectivity index (χ3v) is 3.80. The van der Waals surface area contributed by atoms with Crippen LogP contribution in [0.1, 0.15) is 13.8 Å². The maximum absolute atomic E-state index is 12.9. The predicted molar refractivity (Wildman–Crippen MR) is 95.0 cm³/mol. The highest BCUT2D eigenvalue weighted by Crippen LogP contribution is 2.22. The molecule has 2 atom stereocenters. The summed E-state index contributed by atoms with van der Waals surface area (Å²) in [4.78, 5) is 37.4. The van der Waals surface area contributed by atoms with Gasteiger partial charge in [0.15, 0.2) is 0 Å². The number of nitrogens with zero attached hydrogens (tertiary/aromatic N) is 1. The van der Waals surface area contributed by atoms with Crippen LogP contribution in [0.15, 0.2) is 30.3 Å². The lowest BCUT2D eigenvalue weighted by molar-refractivity contribution is -0.141.